The Morgan fingerprint density at radius 2 is 2.18 bits per heavy atom. The quantitative estimate of drug-likeness (QED) is 0.820. The zero-order valence-electron chi connectivity index (χ0n) is 10.4. The summed E-state index contributed by atoms with van der Waals surface area (Å²) >= 11 is 0. The number of nitrogens with zero attached hydrogens (tertiary/aromatic N) is 2. The molecule has 1 heterocycles. The minimum absolute atomic E-state index is 0.715. The van der Waals surface area contributed by atoms with E-state index in [0.717, 1.165) is 30.9 Å². The number of benzene rings is 1. The smallest absolute Gasteiger partial charge is 0.111 e. The molecular formula is C13H19N3O. The van der Waals surface area contributed by atoms with Crippen LogP contribution in [0.1, 0.15) is 5.82 Å². The number of hydrogen-bond donors (Lipinski definition) is 1. The molecule has 0 amide bonds. The van der Waals surface area contributed by atoms with Crippen LogP contribution in [-0.2, 0) is 17.7 Å². The van der Waals surface area contributed by atoms with E-state index in [2.05, 4.69) is 33.1 Å². The van der Waals surface area contributed by atoms with Crippen LogP contribution in [0.2, 0.25) is 0 Å². The third kappa shape index (κ3) is 2.65. The Labute approximate surface area is 102 Å². The molecule has 0 aliphatic rings. The molecule has 1 aromatic heterocycles. The second kappa shape index (κ2) is 5.80. The van der Waals surface area contributed by atoms with Crippen molar-refractivity contribution in [3.63, 3.8) is 0 Å². The molecule has 0 radical (unpaired) electrons. The molecule has 0 saturated heterocycles. The fourth-order valence-corrected chi connectivity index (χ4v) is 1.99. The monoisotopic (exact) mass is 233 g/mol. The van der Waals surface area contributed by atoms with Gasteiger partial charge in [0.2, 0.25) is 0 Å². The highest BCUT2D eigenvalue weighted by atomic mass is 16.5. The van der Waals surface area contributed by atoms with Gasteiger partial charge in [-0.15, -0.1) is 0 Å². The zero-order chi connectivity index (χ0) is 12.1. The lowest BCUT2D eigenvalue weighted by molar-refractivity contribution is 0.187. The molecule has 92 valence electrons. The van der Waals surface area contributed by atoms with E-state index < -0.39 is 0 Å². The van der Waals surface area contributed by atoms with E-state index >= 15 is 0 Å². The summed E-state index contributed by atoms with van der Waals surface area (Å²) in [5.74, 6) is 1.12. The molecule has 0 saturated carbocycles. The van der Waals surface area contributed by atoms with Crippen LogP contribution >= 0.6 is 0 Å². The predicted molar refractivity (Wildman–Crippen MR) is 69.2 cm³/mol. The highest BCUT2D eigenvalue weighted by molar-refractivity contribution is 5.75. The Balaban J connectivity index is 2.34. The van der Waals surface area contributed by atoms with E-state index in [4.69, 9.17) is 4.74 Å². The van der Waals surface area contributed by atoms with E-state index in [0.29, 0.717) is 6.61 Å². The minimum atomic E-state index is 0.715. The van der Waals surface area contributed by atoms with Gasteiger partial charge >= 0.3 is 0 Å². The number of hydrogen-bond acceptors (Lipinski definition) is 3. The Hall–Kier alpha value is -1.39. The van der Waals surface area contributed by atoms with Gasteiger partial charge in [-0.05, 0) is 19.2 Å². The van der Waals surface area contributed by atoms with E-state index in [1.165, 1.54) is 5.52 Å². The molecule has 0 aliphatic heterocycles. The molecule has 2 rings (SSSR count). The van der Waals surface area contributed by atoms with Crippen molar-refractivity contribution in [3.8, 4) is 0 Å². The molecule has 1 aromatic carbocycles. The summed E-state index contributed by atoms with van der Waals surface area (Å²) < 4.78 is 7.41. The maximum absolute atomic E-state index is 5.16. The van der Waals surface area contributed by atoms with Crippen LogP contribution in [0.15, 0.2) is 24.3 Å². The number of rotatable bonds is 6. The van der Waals surface area contributed by atoms with Crippen molar-refractivity contribution in [3.05, 3.63) is 30.1 Å². The van der Waals surface area contributed by atoms with Crippen molar-refractivity contribution in [2.24, 2.45) is 0 Å². The summed E-state index contributed by atoms with van der Waals surface area (Å²) in [4.78, 5) is 4.67. The number of imidazole rings is 1. The van der Waals surface area contributed by atoms with Crippen LogP contribution < -0.4 is 5.32 Å². The molecule has 2 aromatic rings. The summed E-state index contributed by atoms with van der Waals surface area (Å²) in [6.07, 6.45) is 0.939. The van der Waals surface area contributed by atoms with Crippen LogP contribution in [0.3, 0.4) is 0 Å². The topological polar surface area (TPSA) is 39.1 Å². The van der Waals surface area contributed by atoms with Crippen LogP contribution in [0, 0.1) is 0 Å². The normalized spacial score (nSPS) is 11.2. The first-order valence-corrected chi connectivity index (χ1v) is 5.94. The van der Waals surface area contributed by atoms with Crippen LogP contribution in [-0.4, -0.2) is 36.9 Å². The van der Waals surface area contributed by atoms with Gasteiger partial charge in [-0.1, -0.05) is 12.1 Å². The van der Waals surface area contributed by atoms with Gasteiger partial charge in [0.25, 0.3) is 0 Å². The summed E-state index contributed by atoms with van der Waals surface area (Å²) in [6, 6.07) is 8.25. The number of nitrogens with one attached hydrogen (secondary N) is 1. The lowest BCUT2D eigenvalue weighted by Crippen LogP contribution is -2.15. The second-order valence-electron chi connectivity index (χ2n) is 4.01. The largest absolute Gasteiger partial charge is 0.383 e. The number of aromatic nitrogens is 2. The molecule has 1 N–H and O–H groups in total. The molecule has 0 bridgehead atoms. The minimum Gasteiger partial charge on any atom is -0.383 e. The molecular weight excluding hydrogens is 214 g/mol. The maximum atomic E-state index is 5.16. The van der Waals surface area contributed by atoms with Crippen LogP contribution in [0.4, 0.5) is 0 Å². The second-order valence-corrected chi connectivity index (χ2v) is 4.01. The fraction of sp³-hybridized carbons (Fsp3) is 0.462. The fourth-order valence-electron chi connectivity index (χ4n) is 1.99. The van der Waals surface area contributed by atoms with Gasteiger partial charge in [-0.25, -0.2) is 4.98 Å². The van der Waals surface area contributed by atoms with Gasteiger partial charge in [0.1, 0.15) is 5.82 Å². The number of methoxy groups -OCH3 is 1. The van der Waals surface area contributed by atoms with Gasteiger partial charge in [-0.2, -0.15) is 0 Å². The lowest BCUT2D eigenvalue weighted by atomic mass is 10.3. The molecule has 0 fully saturated rings. The Morgan fingerprint density at radius 1 is 1.35 bits per heavy atom. The average Bonchev–Trinajstić information content (AvgIpc) is 2.71. The van der Waals surface area contributed by atoms with Crippen LogP contribution in [0.5, 0.6) is 0 Å². The molecule has 0 spiro atoms. The molecule has 17 heavy (non-hydrogen) atoms. The van der Waals surface area contributed by atoms with Crippen molar-refractivity contribution in [2.45, 2.75) is 13.0 Å². The van der Waals surface area contributed by atoms with Crippen molar-refractivity contribution in [1.29, 1.82) is 0 Å². The highest BCUT2D eigenvalue weighted by Crippen LogP contribution is 2.16. The van der Waals surface area contributed by atoms with Crippen molar-refractivity contribution in [2.75, 3.05) is 27.3 Å². The molecule has 4 heteroatoms. The molecule has 0 atom stereocenters. The van der Waals surface area contributed by atoms with E-state index in [-0.39, 0.29) is 0 Å². The molecule has 4 nitrogen and oxygen atoms in total. The standard InChI is InChI=1S/C13H19N3O/c1-14-8-7-13-15-11-5-3-4-6-12(11)16(13)9-10-17-2/h3-6,14H,7-10H2,1-2H3. The Kier molecular flexibility index (Phi) is 4.12. The van der Waals surface area contributed by atoms with Gasteiger partial charge in [0.05, 0.1) is 17.6 Å². The number of para-hydroxylation sites is 2. The van der Waals surface area contributed by atoms with Gasteiger partial charge in [0, 0.05) is 26.6 Å². The first-order valence-electron chi connectivity index (χ1n) is 5.94. The third-order valence-electron chi connectivity index (χ3n) is 2.85. The number of fused-ring (bicyclic) bond motifs is 1. The SMILES string of the molecule is CNCCc1nc2ccccc2n1CCOC. The van der Waals surface area contributed by atoms with Gasteiger partial charge in [-0.3, -0.25) is 0 Å². The van der Waals surface area contributed by atoms with E-state index in [1.54, 1.807) is 7.11 Å². The molecule has 0 unspecified atom stereocenters. The first kappa shape index (κ1) is 12.1. The predicted octanol–water partition coefficient (Wildman–Crippen LogP) is 1.44. The summed E-state index contributed by atoms with van der Waals surface area (Å²) in [5.41, 5.74) is 2.25. The number of ether oxygens (including phenoxy) is 1. The maximum Gasteiger partial charge on any atom is 0.111 e. The van der Waals surface area contributed by atoms with E-state index in [9.17, 15) is 0 Å². The third-order valence-corrected chi connectivity index (χ3v) is 2.85. The average molecular weight is 233 g/mol. The van der Waals surface area contributed by atoms with E-state index in [1.807, 2.05) is 13.1 Å². The van der Waals surface area contributed by atoms with Crippen LogP contribution in [0.25, 0.3) is 11.0 Å². The summed E-state index contributed by atoms with van der Waals surface area (Å²) in [5, 5.41) is 3.16. The van der Waals surface area contributed by atoms with Gasteiger partial charge < -0.3 is 14.6 Å². The van der Waals surface area contributed by atoms with Gasteiger partial charge in [0.15, 0.2) is 0 Å². The highest BCUT2D eigenvalue weighted by Gasteiger charge is 2.09. The van der Waals surface area contributed by atoms with Crippen molar-refractivity contribution >= 4 is 11.0 Å². The Bertz CT molecular complexity index is 478. The summed E-state index contributed by atoms with van der Waals surface area (Å²) in [7, 11) is 3.69. The van der Waals surface area contributed by atoms with Crippen molar-refractivity contribution < 1.29 is 4.74 Å². The Morgan fingerprint density at radius 3 is 2.94 bits per heavy atom. The number of likely N-dealkylation sites (N-methyl/N-ethyl adjacent to an activating group) is 1. The summed E-state index contributed by atoms with van der Waals surface area (Å²) in [6.45, 7) is 2.51. The lowest BCUT2D eigenvalue weighted by Gasteiger charge is -2.08. The van der Waals surface area contributed by atoms with Crippen molar-refractivity contribution in [1.82, 2.24) is 14.9 Å². The zero-order valence-corrected chi connectivity index (χ0v) is 10.4. The first-order chi connectivity index (χ1) is 8.36. The molecule has 0 aliphatic carbocycles.